The number of hydrogen-bond acceptors (Lipinski definition) is 6. The van der Waals surface area contributed by atoms with Gasteiger partial charge in [0.25, 0.3) is 11.8 Å². The number of rotatable bonds is 10. The van der Waals surface area contributed by atoms with Crippen molar-refractivity contribution in [1.29, 1.82) is 0 Å². The van der Waals surface area contributed by atoms with Crippen molar-refractivity contribution in [2.75, 3.05) is 44.2 Å². The molecule has 0 saturated carbocycles. The molecule has 1 heterocycles. The Balaban J connectivity index is 2.36. The summed E-state index contributed by atoms with van der Waals surface area (Å²) in [5.41, 5.74) is 2.02. The zero-order chi connectivity index (χ0) is 20.4. The van der Waals surface area contributed by atoms with Crippen LogP contribution in [-0.4, -0.2) is 61.0 Å². The number of carbonyl (C=O) groups is 2. The van der Waals surface area contributed by atoms with Gasteiger partial charge in [-0.3, -0.25) is 9.59 Å². The van der Waals surface area contributed by atoms with Gasteiger partial charge < -0.3 is 15.4 Å². The van der Waals surface area contributed by atoms with Gasteiger partial charge in [-0.25, -0.2) is 4.98 Å². The van der Waals surface area contributed by atoms with Gasteiger partial charge in [-0.2, -0.15) is 23.5 Å². The number of pyridine rings is 1. The van der Waals surface area contributed by atoms with Gasteiger partial charge in [-0.15, -0.1) is 0 Å². The van der Waals surface area contributed by atoms with Crippen molar-refractivity contribution in [3.63, 3.8) is 0 Å². The van der Waals surface area contributed by atoms with Gasteiger partial charge in [0.15, 0.2) is 0 Å². The Hall–Kier alpha value is -2.19. The third kappa shape index (κ3) is 6.45. The predicted octanol–water partition coefficient (Wildman–Crippen LogP) is 2.94. The maximum Gasteiger partial charge on any atom is 0.269 e. The fourth-order valence-corrected chi connectivity index (χ4v) is 3.06. The van der Waals surface area contributed by atoms with E-state index in [9.17, 15) is 9.59 Å². The number of methoxy groups -OCH3 is 1. The van der Waals surface area contributed by atoms with Gasteiger partial charge in [-0.1, -0.05) is 12.1 Å². The minimum Gasteiger partial charge on any atom is -0.497 e. The Labute approximate surface area is 174 Å². The van der Waals surface area contributed by atoms with E-state index in [0.29, 0.717) is 18.8 Å². The van der Waals surface area contributed by atoms with E-state index in [1.807, 2.05) is 36.8 Å². The molecule has 8 heteroatoms. The molecule has 0 spiro atoms. The summed E-state index contributed by atoms with van der Waals surface area (Å²) in [5.74, 6) is 1.73. The molecule has 2 N–H and O–H groups in total. The Bertz CT molecular complexity index is 775. The van der Waals surface area contributed by atoms with Crippen LogP contribution in [0, 0.1) is 0 Å². The molecule has 0 unspecified atom stereocenters. The van der Waals surface area contributed by atoms with Crippen LogP contribution in [-0.2, 0) is 0 Å². The third-order valence-corrected chi connectivity index (χ3v) is 5.10. The Morgan fingerprint density at radius 3 is 2.00 bits per heavy atom. The number of amides is 2. The minimum absolute atomic E-state index is 0.219. The van der Waals surface area contributed by atoms with Gasteiger partial charge in [-0.05, 0) is 47.9 Å². The topological polar surface area (TPSA) is 80.3 Å². The van der Waals surface area contributed by atoms with Crippen molar-refractivity contribution in [2.24, 2.45) is 0 Å². The molecule has 0 aliphatic carbocycles. The molecule has 6 nitrogen and oxygen atoms in total. The molecule has 2 aromatic rings. The van der Waals surface area contributed by atoms with E-state index in [1.54, 1.807) is 42.8 Å². The van der Waals surface area contributed by atoms with E-state index in [0.717, 1.165) is 22.6 Å². The quantitative estimate of drug-likeness (QED) is 0.577. The smallest absolute Gasteiger partial charge is 0.269 e. The van der Waals surface area contributed by atoms with Gasteiger partial charge >= 0.3 is 0 Å². The predicted molar refractivity (Wildman–Crippen MR) is 118 cm³/mol. The van der Waals surface area contributed by atoms with Gasteiger partial charge in [0.1, 0.15) is 17.1 Å². The molecule has 0 atom stereocenters. The van der Waals surface area contributed by atoms with Crippen LogP contribution >= 0.6 is 23.5 Å². The zero-order valence-electron chi connectivity index (χ0n) is 16.3. The first-order valence-electron chi connectivity index (χ1n) is 8.79. The van der Waals surface area contributed by atoms with E-state index < -0.39 is 0 Å². The lowest BCUT2D eigenvalue weighted by Crippen LogP contribution is -2.29. The highest BCUT2D eigenvalue weighted by Gasteiger charge is 2.16. The lowest BCUT2D eigenvalue weighted by atomic mass is 10.0. The Kier molecular flexibility index (Phi) is 9.16. The van der Waals surface area contributed by atoms with Crippen LogP contribution in [0.5, 0.6) is 5.75 Å². The van der Waals surface area contributed by atoms with Crippen LogP contribution in [0.4, 0.5) is 0 Å². The number of hydrogen-bond donors (Lipinski definition) is 2. The number of nitrogens with one attached hydrogen (secondary N) is 2. The third-order valence-electron chi connectivity index (χ3n) is 3.88. The molecule has 1 aromatic carbocycles. The molecular formula is C20H25N3O3S2. The first-order valence-corrected chi connectivity index (χ1v) is 11.6. The van der Waals surface area contributed by atoms with E-state index in [2.05, 4.69) is 15.6 Å². The summed E-state index contributed by atoms with van der Waals surface area (Å²) in [6.07, 6.45) is 3.95. The summed E-state index contributed by atoms with van der Waals surface area (Å²) in [5, 5.41) is 5.68. The molecule has 150 valence electrons. The summed E-state index contributed by atoms with van der Waals surface area (Å²) < 4.78 is 5.28. The normalized spacial score (nSPS) is 10.4. The minimum atomic E-state index is -0.294. The van der Waals surface area contributed by atoms with E-state index in [1.165, 1.54) is 0 Å². The van der Waals surface area contributed by atoms with Gasteiger partial charge in [0.2, 0.25) is 0 Å². The summed E-state index contributed by atoms with van der Waals surface area (Å²) >= 11 is 3.29. The number of benzene rings is 1. The second kappa shape index (κ2) is 11.6. The van der Waals surface area contributed by atoms with Gasteiger partial charge in [0.05, 0.1) is 7.11 Å². The summed E-state index contributed by atoms with van der Waals surface area (Å²) in [7, 11) is 1.60. The van der Waals surface area contributed by atoms with Crippen molar-refractivity contribution in [3.05, 3.63) is 47.8 Å². The number of thioether (sulfide) groups is 2. The zero-order valence-corrected chi connectivity index (χ0v) is 17.9. The Morgan fingerprint density at radius 2 is 1.50 bits per heavy atom. The van der Waals surface area contributed by atoms with Crippen molar-refractivity contribution < 1.29 is 14.3 Å². The molecule has 2 amide bonds. The standard InChI is InChI=1S/C20H25N3O3S2/c1-26-16-6-4-5-14(11-16)15-12-17(19(24)21-7-9-27-2)23-18(13-15)20(25)22-8-10-28-3/h4-6,11-13H,7-10H2,1-3H3,(H,21,24)(H,22,25). The molecule has 0 aliphatic heterocycles. The first kappa shape index (κ1) is 22.1. The second-order valence-electron chi connectivity index (χ2n) is 5.86. The Morgan fingerprint density at radius 1 is 0.929 bits per heavy atom. The van der Waals surface area contributed by atoms with Crippen LogP contribution in [0.1, 0.15) is 21.0 Å². The van der Waals surface area contributed by atoms with Crippen LogP contribution in [0.25, 0.3) is 11.1 Å². The molecule has 0 bridgehead atoms. The molecule has 0 saturated heterocycles. The number of ether oxygens (including phenoxy) is 1. The fourth-order valence-electron chi connectivity index (χ4n) is 2.45. The van der Waals surface area contributed by atoms with E-state index in [-0.39, 0.29) is 23.2 Å². The molecule has 0 fully saturated rings. The van der Waals surface area contributed by atoms with Crippen LogP contribution in [0.15, 0.2) is 36.4 Å². The second-order valence-corrected chi connectivity index (χ2v) is 7.83. The largest absolute Gasteiger partial charge is 0.497 e. The summed E-state index contributed by atoms with van der Waals surface area (Å²) in [6.45, 7) is 1.08. The molecule has 0 aliphatic rings. The van der Waals surface area contributed by atoms with Crippen molar-refractivity contribution in [1.82, 2.24) is 15.6 Å². The van der Waals surface area contributed by atoms with Crippen molar-refractivity contribution in [3.8, 4) is 16.9 Å². The van der Waals surface area contributed by atoms with Crippen LogP contribution in [0.2, 0.25) is 0 Å². The highest BCUT2D eigenvalue weighted by Crippen LogP contribution is 2.25. The SMILES string of the molecule is COc1cccc(-c2cc(C(=O)NCCSC)nc(C(=O)NCCSC)c2)c1. The molecule has 28 heavy (non-hydrogen) atoms. The number of carbonyl (C=O) groups excluding carboxylic acids is 2. The first-order chi connectivity index (χ1) is 13.6. The fraction of sp³-hybridized carbons (Fsp3) is 0.350. The average Bonchev–Trinajstić information content (AvgIpc) is 2.73. The summed E-state index contributed by atoms with van der Waals surface area (Å²) in [6, 6.07) is 10.9. The molecular weight excluding hydrogens is 394 g/mol. The van der Waals surface area contributed by atoms with Crippen LogP contribution < -0.4 is 15.4 Å². The maximum absolute atomic E-state index is 12.5. The summed E-state index contributed by atoms with van der Waals surface area (Å²) in [4.78, 5) is 29.3. The maximum atomic E-state index is 12.5. The molecule has 0 radical (unpaired) electrons. The number of nitrogens with zero attached hydrogens (tertiary/aromatic N) is 1. The highest BCUT2D eigenvalue weighted by molar-refractivity contribution is 7.98. The van der Waals surface area contributed by atoms with Crippen LogP contribution in [0.3, 0.4) is 0 Å². The highest BCUT2D eigenvalue weighted by atomic mass is 32.2. The molecule has 2 rings (SSSR count). The lowest BCUT2D eigenvalue weighted by Gasteiger charge is -2.11. The number of aromatic nitrogens is 1. The lowest BCUT2D eigenvalue weighted by molar-refractivity contribution is 0.0947. The van der Waals surface area contributed by atoms with Crippen molar-refractivity contribution in [2.45, 2.75) is 0 Å². The molecule has 1 aromatic heterocycles. The average molecular weight is 420 g/mol. The monoisotopic (exact) mass is 419 g/mol. The van der Waals surface area contributed by atoms with E-state index in [4.69, 9.17) is 4.74 Å². The van der Waals surface area contributed by atoms with E-state index >= 15 is 0 Å². The van der Waals surface area contributed by atoms with Crippen molar-refractivity contribution >= 4 is 35.3 Å². The van der Waals surface area contributed by atoms with Gasteiger partial charge in [0, 0.05) is 24.6 Å².